The number of anilines is 1. The van der Waals surface area contributed by atoms with Gasteiger partial charge in [-0.1, -0.05) is 43.2 Å². The highest BCUT2D eigenvalue weighted by atomic mass is 19.1. The number of benzene rings is 2. The minimum atomic E-state index is -0.490. The van der Waals surface area contributed by atoms with Crippen LogP contribution in [0.1, 0.15) is 36.0 Å². The van der Waals surface area contributed by atoms with Crippen molar-refractivity contribution in [2.75, 3.05) is 31.5 Å². The van der Waals surface area contributed by atoms with Crippen molar-refractivity contribution in [1.29, 1.82) is 0 Å². The predicted octanol–water partition coefficient (Wildman–Crippen LogP) is 3.78. The zero-order valence-electron chi connectivity index (χ0n) is 17.1. The molecular formula is C24H28FN3O2. The highest BCUT2D eigenvalue weighted by Gasteiger charge is 2.37. The predicted molar refractivity (Wildman–Crippen MR) is 115 cm³/mol. The topological polar surface area (TPSA) is 52.7 Å². The van der Waals surface area contributed by atoms with Crippen LogP contribution in [0.5, 0.6) is 0 Å². The Morgan fingerprint density at radius 2 is 1.53 bits per heavy atom. The first kappa shape index (κ1) is 20.5. The molecule has 0 unspecified atom stereocenters. The van der Waals surface area contributed by atoms with Gasteiger partial charge < -0.3 is 10.2 Å². The molecule has 1 atom stereocenters. The van der Waals surface area contributed by atoms with Crippen molar-refractivity contribution in [3.8, 4) is 0 Å². The lowest BCUT2D eigenvalue weighted by atomic mass is 9.94. The number of nitrogens with one attached hydrogen (secondary N) is 1. The molecule has 2 aliphatic rings. The largest absolute Gasteiger partial charge is 0.336 e. The van der Waals surface area contributed by atoms with Crippen molar-refractivity contribution >= 4 is 17.5 Å². The molecule has 1 aliphatic heterocycles. The lowest BCUT2D eigenvalue weighted by Crippen LogP contribution is -2.57. The van der Waals surface area contributed by atoms with E-state index in [9.17, 15) is 14.0 Å². The van der Waals surface area contributed by atoms with Crippen LogP contribution in [0.25, 0.3) is 0 Å². The van der Waals surface area contributed by atoms with E-state index in [1.807, 2.05) is 30.3 Å². The molecule has 158 valence electrons. The van der Waals surface area contributed by atoms with Crippen molar-refractivity contribution < 1.29 is 14.0 Å². The van der Waals surface area contributed by atoms with Crippen LogP contribution in [0.3, 0.4) is 0 Å². The summed E-state index contributed by atoms with van der Waals surface area (Å²) in [7, 11) is 0. The molecule has 6 heteroatoms. The fourth-order valence-corrected chi connectivity index (χ4v) is 4.70. The Bertz CT molecular complexity index is 875. The van der Waals surface area contributed by atoms with Crippen molar-refractivity contribution in [1.82, 2.24) is 9.80 Å². The molecule has 0 aromatic heterocycles. The van der Waals surface area contributed by atoms with E-state index >= 15 is 0 Å². The van der Waals surface area contributed by atoms with Crippen molar-refractivity contribution in [2.24, 2.45) is 5.92 Å². The Morgan fingerprint density at radius 3 is 2.20 bits per heavy atom. The zero-order valence-corrected chi connectivity index (χ0v) is 17.1. The molecule has 30 heavy (non-hydrogen) atoms. The Balaban J connectivity index is 1.43. The third kappa shape index (κ3) is 4.54. The molecule has 1 saturated carbocycles. The molecule has 2 aromatic rings. The Morgan fingerprint density at radius 1 is 0.900 bits per heavy atom. The van der Waals surface area contributed by atoms with Gasteiger partial charge in [0.2, 0.25) is 5.91 Å². The first-order valence-corrected chi connectivity index (χ1v) is 10.8. The average Bonchev–Trinajstić information content (AvgIpc) is 3.29. The third-order valence-electron chi connectivity index (χ3n) is 6.26. The number of halogens is 1. The maximum absolute atomic E-state index is 14.0. The van der Waals surface area contributed by atoms with Crippen LogP contribution in [0, 0.1) is 11.7 Å². The number of nitrogens with zero attached hydrogens (tertiary/aromatic N) is 2. The maximum atomic E-state index is 14.0. The molecule has 2 fully saturated rings. The summed E-state index contributed by atoms with van der Waals surface area (Å²) in [5.41, 5.74) is 0.916. The smallest absolute Gasteiger partial charge is 0.256 e. The summed E-state index contributed by atoms with van der Waals surface area (Å²) in [5.74, 6) is -0.403. The number of hydrogen-bond donors (Lipinski definition) is 1. The van der Waals surface area contributed by atoms with Gasteiger partial charge in [0.25, 0.3) is 5.91 Å². The molecule has 4 rings (SSSR count). The van der Waals surface area contributed by atoms with E-state index in [4.69, 9.17) is 0 Å². The number of para-hydroxylation sites is 1. The third-order valence-corrected chi connectivity index (χ3v) is 6.26. The summed E-state index contributed by atoms with van der Waals surface area (Å²) in [5, 5.41) is 3.07. The molecule has 0 radical (unpaired) electrons. The first-order chi connectivity index (χ1) is 14.6. The number of carbonyl (C=O) groups excluding carboxylic acids is 2. The van der Waals surface area contributed by atoms with Crippen LogP contribution in [0.2, 0.25) is 0 Å². The van der Waals surface area contributed by atoms with Gasteiger partial charge in [0.05, 0.1) is 11.6 Å². The molecular weight excluding hydrogens is 381 g/mol. The van der Waals surface area contributed by atoms with Crippen LogP contribution in [0.15, 0.2) is 54.6 Å². The first-order valence-electron chi connectivity index (χ1n) is 10.8. The van der Waals surface area contributed by atoms with E-state index < -0.39 is 5.82 Å². The summed E-state index contributed by atoms with van der Waals surface area (Å²) in [6, 6.07) is 15.4. The summed E-state index contributed by atoms with van der Waals surface area (Å²) in [6.45, 7) is 2.22. The minimum absolute atomic E-state index is 0.0296. The molecule has 1 heterocycles. The lowest BCUT2D eigenvalue weighted by Gasteiger charge is -2.40. The Kier molecular flexibility index (Phi) is 6.43. The molecule has 1 N–H and O–H groups in total. The highest BCUT2D eigenvalue weighted by molar-refractivity contribution is 5.95. The summed E-state index contributed by atoms with van der Waals surface area (Å²) in [6.07, 6.45) is 4.43. The van der Waals surface area contributed by atoms with E-state index in [0.717, 1.165) is 31.4 Å². The van der Waals surface area contributed by atoms with Gasteiger partial charge in [0, 0.05) is 31.9 Å². The fraction of sp³-hybridized carbons (Fsp3) is 0.417. The van der Waals surface area contributed by atoms with Crippen molar-refractivity contribution in [2.45, 2.75) is 31.7 Å². The maximum Gasteiger partial charge on any atom is 0.256 e. The molecule has 2 aromatic carbocycles. The Hall–Kier alpha value is -2.73. The molecule has 1 aliphatic carbocycles. The van der Waals surface area contributed by atoms with E-state index in [1.54, 1.807) is 17.0 Å². The number of hydrogen-bond acceptors (Lipinski definition) is 3. The van der Waals surface area contributed by atoms with Crippen LogP contribution in [-0.2, 0) is 4.79 Å². The van der Waals surface area contributed by atoms with E-state index in [0.29, 0.717) is 32.1 Å². The molecule has 0 bridgehead atoms. The lowest BCUT2D eigenvalue weighted by molar-refractivity contribution is -0.123. The SMILES string of the molecule is O=C(Nc1ccccc1)[C@H](C1CCCC1)N1CCN(C(=O)c2ccccc2F)CC1. The van der Waals surface area contributed by atoms with Crippen LogP contribution < -0.4 is 5.32 Å². The van der Waals surface area contributed by atoms with Gasteiger partial charge in [0.15, 0.2) is 0 Å². The second-order valence-electron chi connectivity index (χ2n) is 8.15. The van der Waals surface area contributed by atoms with E-state index in [-0.39, 0.29) is 23.4 Å². The second-order valence-corrected chi connectivity index (χ2v) is 8.15. The van der Waals surface area contributed by atoms with Gasteiger partial charge in [-0.25, -0.2) is 4.39 Å². The number of piperazine rings is 1. The van der Waals surface area contributed by atoms with Crippen LogP contribution in [0.4, 0.5) is 10.1 Å². The Labute approximate surface area is 176 Å². The van der Waals surface area contributed by atoms with Gasteiger partial charge in [-0.05, 0) is 43.0 Å². The van der Waals surface area contributed by atoms with Gasteiger partial charge in [-0.2, -0.15) is 0 Å². The normalized spacial score (nSPS) is 18.9. The number of rotatable bonds is 5. The number of carbonyl (C=O) groups is 2. The average molecular weight is 410 g/mol. The summed E-state index contributed by atoms with van der Waals surface area (Å²) < 4.78 is 14.0. The van der Waals surface area contributed by atoms with Crippen molar-refractivity contribution in [3.05, 3.63) is 66.0 Å². The standard InChI is InChI=1S/C24H28FN3O2/c25-21-13-7-6-12-20(21)24(30)28-16-14-27(15-17-28)22(18-8-4-5-9-18)23(29)26-19-10-2-1-3-11-19/h1-3,6-7,10-13,18,22H,4-5,8-9,14-17H2,(H,26,29)/t22-/m0/s1. The fourth-order valence-electron chi connectivity index (χ4n) is 4.70. The summed E-state index contributed by atoms with van der Waals surface area (Å²) in [4.78, 5) is 29.8. The van der Waals surface area contributed by atoms with Crippen LogP contribution >= 0.6 is 0 Å². The van der Waals surface area contributed by atoms with Gasteiger partial charge in [0.1, 0.15) is 5.82 Å². The van der Waals surface area contributed by atoms with Gasteiger partial charge in [-0.3, -0.25) is 14.5 Å². The van der Waals surface area contributed by atoms with E-state index in [1.165, 1.54) is 12.1 Å². The molecule has 2 amide bonds. The van der Waals surface area contributed by atoms with Gasteiger partial charge >= 0.3 is 0 Å². The molecule has 0 spiro atoms. The number of amides is 2. The highest BCUT2D eigenvalue weighted by Crippen LogP contribution is 2.31. The molecule has 5 nitrogen and oxygen atoms in total. The van der Waals surface area contributed by atoms with Crippen LogP contribution in [-0.4, -0.2) is 53.8 Å². The monoisotopic (exact) mass is 409 g/mol. The summed E-state index contributed by atoms with van der Waals surface area (Å²) >= 11 is 0. The van der Waals surface area contributed by atoms with E-state index in [2.05, 4.69) is 10.2 Å². The quantitative estimate of drug-likeness (QED) is 0.818. The second kappa shape index (κ2) is 9.39. The zero-order chi connectivity index (χ0) is 20.9. The molecule has 1 saturated heterocycles. The van der Waals surface area contributed by atoms with Crippen molar-refractivity contribution in [3.63, 3.8) is 0 Å². The minimum Gasteiger partial charge on any atom is -0.336 e. The van der Waals surface area contributed by atoms with Gasteiger partial charge in [-0.15, -0.1) is 0 Å².